The summed E-state index contributed by atoms with van der Waals surface area (Å²) in [6.45, 7) is 4.25. The first kappa shape index (κ1) is 29.0. The summed E-state index contributed by atoms with van der Waals surface area (Å²) in [5.41, 5.74) is 0.744. The van der Waals surface area contributed by atoms with Crippen molar-refractivity contribution in [1.29, 1.82) is 0 Å². The SMILES string of the molecule is CCC.FC(F)(F)c1ccccc1C1=CCCCC1.FC(F)(F)c1ccccc1C1CCCCC1. The fourth-order valence-corrected chi connectivity index (χ4v) is 4.62. The molecule has 0 spiro atoms. The average molecular weight is 499 g/mol. The molecule has 0 saturated heterocycles. The molecule has 2 aliphatic rings. The average Bonchev–Trinajstić information content (AvgIpc) is 2.85. The molecule has 0 amide bonds. The Bertz CT molecular complexity index is 917. The molecule has 0 nitrogen and oxygen atoms in total. The molecular weight excluding hydrogens is 462 g/mol. The van der Waals surface area contributed by atoms with Crippen LogP contribution in [0.2, 0.25) is 0 Å². The normalized spacial score (nSPS) is 16.9. The van der Waals surface area contributed by atoms with E-state index in [4.69, 9.17) is 0 Å². The summed E-state index contributed by atoms with van der Waals surface area (Å²) >= 11 is 0. The lowest BCUT2D eigenvalue weighted by Crippen LogP contribution is -2.13. The Kier molecular flexibility index (Phi) is 11.4. The van der Waals surface area contributed by atoms with Gasteiger partial charge in [0.05, 0.1) is 11.1 Å². The van der Waals surface area contributed by atoms with Crippen LogP contribution in [0.5, 0.6) is 0 Å². The van der Waals surface area contributed by atoms with Crippen LogP contribution in [0.1, 0.15) is 106 Å². The van der Waals surface area contributed by atoms with Gasteiger partial charge in [-0.1, -0.05) is 82.0 Å². The molecule has 0 aromatic heterocycles. The molecule has 0 N–H and O–H groups in total. The van der Waals surface area contributed by atoms with Gasteiger partial charge in [0, 0.05) is 0 Å². The molecule has 35 heavy (non-hydrogen) atoms. The number of hydrogen-bond acceptors (Lipinski definition) is 0. The lowest BCUT2D eigenvalue weighted by molar-refractivity contribution is -0.139. The summed E-state index contributed by atoms with van der Waals surface area (Å²) in [6, 6.07) is 11.8. The van der Waals surface area contributed by atoms with Gasteiger partial charge in [0.2, 0.25) is 0 Å². The summed E-state index contributed by atoms with van der Waals surface area (Å²) in [6.07, 6.45) is 3.49. The van der Waals surface area contributed by atoms with E-state index in [1.807, 2.05) is 6.08 Å². The lowest BCUT2D eigenvalue weighted by atomic mass is 9.82. The Morgan fingerprint density at radius 3 is 1.77 bits per heavy atom. The van der Waals surface area contributed by atoms with Gasteiger partial charge in [0.15, 0.2) is 0 Å². The summed E-state index contributed by atoms with van der Waals surface area (Å²) in [7, 11) is 0. The summed E-state index contributed by atoms with van der Waals surface area (Å²) in [5, 5.41) is 0. The molecular formula is C29H36F6. The van der Waals surface area contributed by atoms with E-state index < -0.39 is 23.5 Å². The molecule has 0 heterocycles. The van der Waals surface area contributed by atoms with E-state index in [-0.39, 0.29) is 5.92 Å². The highest BCUT2D eigenvalue weighted by atomic mass is 19.4. The maximum Gasteiger partial charge on any atom is 0.416 e. The summed E-state index contributed by atoms with van der Waals surface area (Å²) in [4.78, 5) is 0. The van der Waals surface area contributed by atoms with Gasteiger partial charge in [0.1, 0.15) is 0 Å². The van der Waals surface area contributed by atoms with E-state index in [1.54, 1.807) is 24.3 Å². The Labute approximate surface area is 205 Å². The third kappa shape index (κ3) is 9.05. The minimum absolute atomic E-state index is 0.103. The van der Waals surface area contributed by atoms with Crippen LogP contribution in [-0.2, 0) is 12.4 Å². The topological polar surface area (TPSA) is 0 Å². The van der Waals surface area contributed by atoms with E-state index >= 15 is 0 Å². The Morgan fingerprint density at radius 2 is 1.23 bits per heavy atom. The van der Waals surface area contributed by atoms with Crippen molar-refractivity contribution < 1.29 is 26.3 Å². The quantitative estimate of drug-likeness (QED) is 0.361. The molecule has 0 radical (unpaired) electrons. The van der Waals surface area contributed by atoms with Gasteiger partial charge in [-0.15, -0.1) is 0 Å². The van der Waals surface area contributed by atoms with Gasteiger partial charge in [-0.25, -0.2) is 0 Å². The lowest BCUT2D eigenvalue weighted by Gasteiger charge is -2.25. The van der Waals surface area contributed by atoms with Crippen LogP contribution >= 0.6 is 0 Å². The van der Waals surface area contributed by atoms with Gasteiger partial charge >= 0.3 is 12.4 Å². The molecule has 2 aliphatic carbocycles. The first-order chi connectivity index (χ1) is 16.6. The van der Waals surface area contributed by atoms with Crippen LogP contribution in [-0.4, -0.2) is 0 Å². The molecule has 2 aromatic rings. The maximum atomic E-state index is 12.8. The van der Waals surface area contributed by atoms with Crippen LogP contribution in [0.25, 0.3) is 5.57 Å². The van der Waals surface area contributed by atoms with E-state index in [0.717, 1.165) is 69.4 Å². The van der Waals surface area contributed by atoms with Crippen molar-refractivity contribution in [2.45, 2.75) is 96.3 Å². The van der Waals surface area contributed by atoms with Gasteiger partial charge in [0.25, 0.3) is 0 Å². The summed E-state index contributed by atoms with van der Waals surface area (Å²) in [5.74, 6) is 0.103. The van der Waals surface area contributed by atoms with E-state index in [0.29, 0.717) is 11.1 Å². The molecule has 0 bridgehead atoms. The molecule has 194 valence electrons. The maximum absolute atomic E-state index is 12.8. The van der Waals surface area contributed by atoms with Crippen LogP contribution in [0.3, 0.4) is 0 Å². The largest absolute Gasteiger partial charge is 0.416 e. The molecule has 1 fully saturated rings. The Hall–Kier alpha value is -2.24. The third-order valence-electron chi connectivity index (χ3n) is 6.18. The number of alkyl halides is 6. The highest BCUT2D eigenvalue weighted by Gasteiger charge is 2.35. The molecule has 0 atom stereocenters. The number of hydrogen-bond donors (Lipinski definition) is 0. The summed E-state index contributed by atoms with van der Waals surface area (Å²) < 4.78 is 76.7. The van der Waals surface area contributed by atoms with E-state index in [2.05, 4.69) is 13.8 Å². The fourth-order valence-electron chi connectivity index (χ4n) is 4.62. The second-order valence-electron chi connectivity index (χ2n) is 9.15. The molecule has 0 aliphatic heterocycles. The van der Waals surface area contributed by atoms with Crippen molar-refractivity contribution in [2.24, 2.45) is 0 Å². The zero-order chi connectivity index (χ0) is 25.9. The van der Waals surface area contributed by atoms with Crippen molar-refractivity contribution in [3.63, 3.8) is 0 Å². The van der Waals surface area contributed by atoms with E-state index in [9.17, 15) is 26.3 Å². The molecule has 1 saturated carbocycles. The highest BCUT2D eigenvalue weighted by Crippen LogP contribution is 2.40. The third-order valence-corrected chi connectivity index (χ3v) is 6.18. The fraction of sp³-hybridized carbons (Fsp3) is 0.517. The van der Waals surface area contributed by atoms with Crippen molar-refractivity contribution in [3.05, 3.63) is 76.9 Å². The van der Waals surface area contributed by atoms with Gasteiger partial charge < -0.3 is 0 Å². The highest BCUT2D eigenvalue weighted by molar-refractivity contribution is 5.69. The van der Waals surface area contributed by atoms with Gasteiger partial charge in [-0.2, -0.15) is 26.3 Å². The van der Waals surface area contributed by atoms with Crippen LogP contribution in [0, 0.1) is 0 Å². The van der Waals surface area contributed by atoms with Crippen LogP contribution in [0.4, 0.5) is 26.3 Å². The van der Waals surface area contributed by atoms with Crippen molar-refractivity contribution in [2.75, 3.05) is 0 Å². The Morgan fingerprint density at radius 1 is 0.686 bits per heavy atom. The van der Waals surface area contributed by atoms with Crippen LogP contribution in [0.15, 0.2) is 54.6 Å². The number of halogens is 6. The number of benzene rings is 2. The second-order valence-corrected chi connectivity index (χ2v) is 9.15. The zero-order valence-electron chi connectivity index (χ0n) is 20.6. The predicted molar refractivity (Wildman–Crippen MR) is 131 cm³/mol. The van der Waals surface area contributed by atoms with Crippen molar-refractivity contribution in [3.8, 4) is 0 Å². The first-order valence-electron chi connectivity index (χ1n) is 12.6. The molecule has 0 unspecified atom stereocenters. The van der Waals surface area contributed by atoms with Crippen molar-refractivity contribution >= 4 is 5.57 Å². The zero-order valence-corrected chi connectivity index (χ0v) is 20.6. The molecule has 2 aromatic carbocycles. The number of rotatable bonds is 2. The molecule has 4 rings (SSSR count). The minimum atomic E-state index is -4.26. The second kappa shape index (κ2) is 13.7. The Balaban J connectivity index is 0.000000222. The first-order valence-corrected chi connectivity index (χ1v) is 12.6. The molecule has 6 heteroatoms. The monoisotopic (exact) mass is 498 g/mol. The smallest absolute Gasteiger partial charge is 0.166 e. The van der Waals surface area contributed by atoms with Gasteiger partial charge in [-0.05, 0) is 73.3 Å². The number of allylic oxidation sites excluding steroid dienone is 2. The van der Waals surface area contributed by atoms with Crippen LogP contribution < -0.4 is 0 Å². The standard InChI is InChI=1S/C13H15F3.C13H13F3.C3H8/c2*14-13(15,16)12-9-5-4-8-11(12)10-6-2-1-3-7-10;1-3-2/h4-5,8-10H,1-3,6-7H2;4-6,8-9H,1-3,7H2;3H2,1-2H3. The predicted octanol–water partition coefficient (Wildman–Crippen LogP) is 10.8. The minimum Gasteiger partial charge on any atom is -0.166 e. The van der Waals surface area contributed by atoms with E-state index in [1.165, 1.54) is 24.6 Å². The van der Waals surface area contributed by atoms with Gasteiger partial charge in [-0.3, -0.25) is 0 Å². The van der Waals surface area contributed by atoms with Crippen molar-refractivity contribution in [1.82, 2.24) is 0 Å².